The molecule has 0 saturated carbocycles. The third kappa shape index (κ3) is 5.47. The van der Waals surface area contributed by atoms with Crippen molar-refractivity contribution in [2.45, 2.75) is 25.8 Å². The Morgan fingerprint density at radius 2 is 2.12 bits per heavy atom. The fourth-order valence-electron chi connectivity index (χ4n) is 1.61. The lowest BCUT2D eigenvalue weighted by atomic mass is 10.1. The van der Waals surface area contributed by atoms with E-state index in [0.29, 0.717) is 5.56 Å². The highest BCUT2D eigenvalue weighted by atomic mass is 16.2. The van der Waals surface area contributed by atoms with E-state index in [0.717, 1.165) is 37.9 Å². The number of carbonyl (C=O) groups is 1. The topological polar surface area (TPSA) is 75.4 Å². The largest absolute Gasteiger partial charge is 0.396 e. The number of rotatable bonds is 8. The molecule has 0 bridgehead atoms. The molecule has 0 aliphatic rings. The van der Waals surface area contributed by atoms with Crippen molar-refractivity contribution in [3.05, 3.63) is 35.4 Å². The minimum Gasteiger partial charge on any atom is -0.396 e. The van der Waals surface area contributed by atoms with Crippen LogP contribution in [0.15, 0.2) is 24.3 Å². The van der Waals surface area contributed by atoms with Gasteiger partial charge in [0.25, 0.3) is 0 Å². The van der Waals surface area contributed by atoms with Gasteiger partial charge in [0, 0.05) is 18.7 Å². The van der Waals surface area contributed by atoms with Gasteiger partial charge in [-0.25, -0.2) is 0 Å². The Balaban J connectivity index is 2.27. The van der Waals surface area contributed by atoms with Crippen LogP contribution in [0.4, 0.5) is 0 Å². The van der Waals surface area contributed by atoms with Gasteiger partial charge in [-0.1, -0.05) is 12.1 Å². The van der Waals surface area contributed by atoms with Gasteiger partial charge in [0.05, 0.1) is 0 Å². The van der Waals surface area contributed by atoms with Crippen LogP contribution in [-0.4, -0.2) is 24.2 Å². The van der Waals surface area contributed by atoms with E-state index >= 15 is 0 Å². The van der Waals surface area contributed by atoms with Gasteiger partial charge in [-0.2, -0.15) is 0 Å². The zero-order valence-electron chi connectivity index (χ0n) is 9.98. The zero-order valence-corrected chi connectivity index (χ0v) is 9.98. The summed E-state index contributed by atoms with van der Waals surface area (Å²) < 4.78 is 0. The highest BCUT2D eigenvalue weighted by Crippen LogP contribution is 2.04. The number of hydrogen-bond acceptors (Lipinski definition) is 3. The second-order valence-corrected chi connectivity index (χ2v) is 4.03. The van der Waals surface area contributed by atoms with Gasteiger partial charge in [-0.05, 0) is 43.5 Å². The minimum absolute atomic E-state index is 0.265. The van der Waals surface area contributed by atoms with Crippen molar-refractivity contribution < 1.29 is 9.90 Å². The van der Waals surface area contributed by atoms with E-state index in [1.807, 2.05) is 18.2 Å². The highest BCUT2D eigenvalue weighted by molar-refractivity contribution is 5.92. The number of benzene rings is 1. The van der Waals surface area contributed by atoms with Crippen LogP contribution in [-0.2, 0) is 6.54 Å². The molecule has 0 unspecified atom stereocenters. The summed E-state index contributed by atoms with van der Waals surface area (Å²) in [6.45, 7) is 1.92. The molecule has 94 valence electrons. The van der Waals surface area contributed by atoms with Gasteiger partial charge in [0.2, 0.25) is 5.91 Å². The number of unbranched alkanes of at least 4 members (excludes halogenated alkanes) is 2. The lowest BCUT2D eigenvalue weighted by molar-refractivity contribution is 0.1000. The Hall–Kier alpha value is -1.39. The van der Waals surface area contributed by atoms with Gasteiger partial charge in [0.15, 0.2) is 0 Å². The standard InChI is InChI=1S/C13H20N2O2/c14-13(17)12-6-4-5-11(9-12)10-15-7-2-1-3-8-16/h4-6,9,15-16H,1-3,7-8,10H2,(H2,14,17). The van der Waals surface area contributed by atoms with Crippen LogP contribution >= 0.6 is 0 Å². The molecule has 0 atom stereocenters. The smallest absolute Gasteiger partial charge is 0.248 e. The number of hydrogen-bond donors (Lipinski definition) is 3. The number of aliphatic hydroxyl groups excluding tert-OH is 1. The fraction of sp³-hybridized carbons (Fsp3) is 0.462. The van der Waals surface area contributed by atoms with Crippen LogP contribution in [0.1, 0.15) is 35.2 Å². The van der Waals surface area contributed by atoms with Crippen LogP contribution < -0.4 is 11.1 Å². The van der Waals surface area contributed by atoms with E-state index in [-0.39, 0.29) is 6.61 Å². The number of amides is 1. The predicted molar refractivity (Wildman–Crippen MR) is 67.6 cm³/mol. The van der Waals surface area contributed by atoms with E-state index in [1.54, 1.807) is 6.07 Å². The molecule has 0 heterocycles. The lowest BCUT2D eigenvalue weighted by Crippen LogP contribution is -2.16. The van der Waals surface area contributed by atoms with Crippen molar-refractivity contribution in [1.29, 1.82) is 0 Å². The van der Waals surface area contributed by atoms with E-state index in [4.69, 9.17) is 10.8 Å². The summed E-state index contributed by atoms with van der Waals surface area (Å²) in [4.78, 5) is 11.0. The SMILES string of the molecule is NC(=O)c1cccc(CNCCCCCO)c1. The maximum atomic E-state index is 11.0. The Labute approximate surface area is 102 Å². The normalized spacial score (nSPS) is 10.4. The third-order valence-corrected chi connectivity index (χ3v) is 2.55. The first kappa shape index (κ1) is 13.7. The van der Waals surface area contributed by atoms with E-state index in [9.17, 15) is 4.79 Å². The van der Waals surface area contributed by atoms with E-state index in [1.165, 1.54) is 0 Å². The van der Waals surface area contributed by atoms with Crippen molar-refractivity contribution in [2.24, 2.45) is 5.73 Å². The second kappa shape index (κ2) is 7.81. The fourth-order valence-corrected chi connectivity index (χ4v) is 1.61. The van der Waals surface area contributed by atoms with E-state index < -0.39 is 5.91 Å². The molecule has 1 aromatic carbocycles. The van der Waals surface area contributed by atoms with Gasteiger partial charge in [-0.3, -0.25) is 4.79 Å². The quantitative estimate of drug-likeness (QED) is 0.590. The first-order chi connectivity index (χ1) is 8.24. The Morgan fingerprint density at radius 1 is 1.29 bits per heavy atom. The summed E-state index contributed by atoms with van der Waals surface area (Å²) in [6.07, 6.45) is 2.94. The first-order valence-corrected chi connectivity index (χ1v) is 5.94. The average Bonchev–Trinajstić information content (AvgIpc) is 2.34. The second-order valence-electron chi connectivity index (χ2n) is 4.03. The molecule has 17 heavy (non-hydrogen) atoms. The molecule has 0 radical (unpaired) electrons. The van der Waals surface area contributed by atoms with Crippen molar-refractivity contribution in [3.63, 3.8) is 0 Å². The molecular weight excluding hydrogens is 216 g/mol. The Morgan fingerprint density at radius 3 is 2.82 bits per heavy atom. The van der Waals surface area contributed by atoms with Crippen LogP contribution in [0.3, 0.4) is 0 Å². The number of nitrogens with two attached hydrogens (primary N) is 1. The molecule has 0 spiro atoms. The minimum atomic E-state index is -0.394. The average molecular weight is 236 g/mol. The molecule has 4 N–H and O–H groups in total. The molecule has 4 heteroatoms. The maximum absolute atomic E-state index is 11.0. The molecule has 0 aliphatic carbocycles. The Kier molecular flexibility index (Phi) is 6.29. The van der Waals surface area contributed by atoms with E-state index in [2.05, 4.69) is 5.32 Å². The van der Waals surface area contributed by atoms with Crippen LogP contribution in [0.25, 0.3) is 0 Å². The molecule has 4 nitrogen and oxygen atoms in total. The van der Waals surface area contributed by atoms with Crippen LogP contribution in [0.2, 0.25) is 0 Å². The monoisotopic (exact) mass is 236 g/mol. The number of nitrogens with one attached hydrogen (secondary N) is 1. The van der Waals surface area contributed by atoms with Crippen molar-refractivity contribution in [1.82, 2.24) is 5.32 Å². The molecule has 1 rings (SSSR count). The third-order valence-electron chi connectivity index (χ3n) is 2.55. The number of primary amides is 1. The van der Waals surface area contributed by atoms with Gasteiger partial charge < -0.3 is 16.2 Å². The van der Waals surface area contributed by atoms with Crippen molar-refractivity contribution in [3.8, 4) is 0 Å². The molecule has 0 aromatic heterocycles. The molecule has 0 fully saturated rings. The zero-order chi connectivity index (χ0) is 12.5. The predicted octanol–water partition coefficient (Wildman–Crippen LogP) is 1.04. The number of carbonyl (C=O) groups excluding carboxylic acids is 1. The number of aliphatic hydroxyl groups is 1. The van der Waals surface area contributed by atoms with Gasteiger partial charge >= 0.3 is 0 Å². The summed E-state index contributed by atoms with van der Waals surface area (Å²) in [5.74, 6) is -0.394. The lowest BCUT2D eigenvalue weighted by Gasteiger charge is -2.05. The molecule has 0 aliphatic heterocycles. The summed E-state index contributed by atoms with van der Waals surface area (Å²) in [6, 6.07) is 7.33. The first-order valence-electron chi connectivity index (χ1n) is 5.94. The van der Waals surface area contributed by atoms with Crippen LogP contribution in [0.5, 0.6) is 0 Å². The van der Waals surface area contributed by atoms with Crippen LogP contribution in [0, 0.1) is 0 Å². The molecular formula is C13H20N2O2. The summed E-state index contributed by atoms with van der Waals surface area (Å²) in [7, 11) is 0. The summed E-state index contributed by atoms with van der Waals surface area (Å²) in [5.41, 5.74) is 6.81. The molecule has 1 aromatic rings. The van der Waals surface area contributed by atoms with Crippen molar-refractivity contribution >= 4 is 5.91 Å². The molecule has 1 amide bonds. The summed E-state index contributed by atoms with van der Waals surface area (Å²) >= 11 is 0. The van der Waals surface area contributed by atoms with Gasteiger partial charge in [-0.15, -0.1) is 0 Å². The molecule has 0 saturated heterocycles. The van der Waals surface area contributed by atoms with Crippen molar-refractivity contribution in [2.75, 3.05) is 13.2 Å². The van der Waals surface area contributed by atoms with Gasteiger partial charge in [0.1, 0.15) is 0 Å². The summed E-state index contributed by atoms with van der Waals surface area (Å²) in [5, 5.41) is 11.9. The highest BCUT2D eigenvalue weighted by Gasteiger charge is 2.00. The maximum Gasteiger partial charge on any atom is 0.248 e. The Bertz CT molecular complexity index is 353.